The molecule has 0 saturated heterocycles. The topological polar surface area (TPSA) is 55.1 Å². The van der Waals surface area contributed by atoms with Gasteiger partial charge in [-0.3, -0.25) is 4.68 Å². The van der Waals surface area contributed by atoms with Gasteiger partial charge < -0.3 is 5.11 Å². The number of aromatic carboxylic acids is 1. The molecule has 0 aliphatic carbocycles. The van der Waals surface area contributed by atoms with Crippen molar-refractivity contribution in [1.29, 1.82) is 0 Å². The van der Waals surface area contributed by atoms with Gasteiger partial charge in [0.15, 0.2) is 5.69 Å². The van der Waals surface area contributed by atoms with Crippen molar-refractivity contribution in [3.63, 3.8) is 0 Å². The van der Waals surface area contributed by atoms with E-state index >= 15 is 0 Å². The summed E-state index contributed by atoms with van der Waals surface area (Å²) in [6.45, 7) is 1.76. The van der Waals surface area contributed by atoms with Crippen LogP contribution in [0.2, 0.25) is 0 Å². The van der Waals surface area contributed by atoms with Gasteiger partial charge in [-0.1, -0.05) is 0 Å². The monoisotopic (exact) mass is 208 g/mol. The lowest BCUT2D eigenvalue weighted by atomic mass is 10.2. The first-order valence-corrected chi connectivity index (χ1v) is 3.74. The molecule has 0 bridgehead atoms. The lowest BCUT2D eigenvalue weighted by molar-refractivity contribution is -0.142. The van der Waals surface area contributed by atoms with Gasteiger partial charge in [0.25, 0.3) is 0 Å². The third-order valence-corrected chi connectivity index (χ3v) is 1.58. The van der Waals surface area contributed by atoms with E-state index in [2.05, 4.69) is 5.10 Å². The lowest BCUT2D eigenvalue weighted by Gasteiger charge is -2.02. The van der Waals surface area contributed by atoms with Crippen molar-refractivity contribution in [3.8, 4) is 0 Å². The molecule has 14 heavy (non-hydrogen) atoms. The smallest absolute Gasteiger partial charge is 0.436 e. The van der Waals surface area contributed by atoms with Crippen LogP contribution < -0.4 is 0 Å². The molecule has 1 aromatic rings. The first kappa shape index (κ1) is 10.6. The van der Waals surface area contributed by atoms with Gasteiger partial charge in [-0.05, 0) is 6.92 Å². The van der Waals surface area contributed by atoms with E-state index in [1.807, 2.05) is 0 Å². The summed E-state index contributed by atoms with van der Waals surface area (Å²) in [6, 6.07) is 0. The van der Waals surface area contributed by atoms with Gasteiger partial charge in [0, 0.05) is 12.7 Å². The van der Waals surface area contributed by atoms with Crippen molar-refractivity contribution in [3.05, 3.63) is 17.5 Å². The number of rotatable bonds is 2. The second kappa shape index (κ2) is 3.32. The van der Waals surface area contributed by atoms with Crippen LogP contribution in [0.1, 0.15) is 23.0 Å². The standard InChI is InChI=1S/C7H7F3N2O2/c1-2-12-3-4(6(13)14)5(11-12)7(8,9)10/h3H,2H2,1H3,(H,13,14). The lowest BCUT2D eigenvalue weighted by Crippen LogP contribution is -2.12. The predicted molar refractivity (Wildman–Crippen MR) is 39.9 cm³/mol. The zero-order valence-corrected chi connectivity index (χ0v) is 7.17. The minimum Gasteiger partial charge on any atom is -0.478 e. The Labute approximate surface area is 77.0 Å². The molecule has 0 atom stereocenters. The Morgan fingerprint density at radius 1 is 1.64 bits per heavy atom. The first-order chi connectivity index (χ1) is 6.36. The molecule has 1 rings (SSSR count). The van der Waals surface area contributed by atoms with Crippen LogP contribution in [-0.4, -0.2) is 20.9 Å². The summed E-state index contributed by atoms with van der Waals surface area (Å²) in [4.78, 5) is 10.4. The van der Waals surface area contributed by atoms with Crippen molar-refractivity contribution in [2.24, 2.45) is 0 Å². The van der Waals surface area contributed by atoms with Crippen molar-refractivity contribution in [2.45, 2.75) is 19.6 Å². The average Bonchev–Trinajstić information content (AvgIpc) is 2.46. The highest BCUT2D eigenvalue weighted by Gasteiger charge is 2.39. The molecule has 0 aliphatic heterocycles. The number of aryl methyl sites for hydroxylation is 1. The van der Waals surface area contributed by atoms with Crippen LogP contribution >= 0.6 is 0 Å². The summed E-state index contributed by atoms with van der Waals surface area (Å²) in [5.74, 6) is -1.63. The van der Waals surface area contributed by atoms with E-state index in [4.69, 9.17) is 5.11 Å². The van der Waals surface area contributed by atoms with E-state index in [0.717, 1.165) is 10.9 Å². The Kier molecular flexibility index (Phi) is 2.50. The zero-order chi connectivity index (χ0) is 10.9. The van der Waals surface area contributed by atoms with Gasteiger partial charge in [0.2, 0.25) is 0 Å². The van der Waals surface area contributed by atoms with Gasteiger partial charge in [0.1, 0.15) is 5.56 Å². The third kappa shape index (κ3) is 1.86. The van der Waals surface area contributed by atoms with E-state index < -0.39 is 23.4 Å². The molecule has 0 spiro atoms. The van der Waals surface area contributed by atoms with Crippen molar-refractivity contribution >= 4 is 5.97 Å². The van der Waals surface area contributed by atoms with E-state index in [1.165, 1.54) is 0 Å². The first-order valence-electron chi connectivity index (χ1n) is 3.74. The van der Waals surface area contributed by atoms with Gasteiger partial charge in [-0.2, -0.15) is 18.3 Å². The maximum absolute atomic E-state index is 12.2. The number of hydrogen-bond acceptors (Lipinski definition) is 2. The summed E-state index contributed by atoms with van der Waals surface area (Å²) in [5.41, 5.74) is -2.17. The Bertz CT molecular complexity index is 356. The highest BCUT2D eigenvalue weighted by atomic mass is 19.4. The second-order valence-electron chi connectivity index (χ2n) is 2.55. The number of alkyl halides is 3. The quantitative estimate of drug-likeness (QED) is 0.803. The number of carbonyl (C=O) groups is 1. The van der Waals surface area contributed by atoms with Crippen molar-refractivity contribution in [1.82, 2.24) is 9.78 Å². The predicted octanol–water partition coefficient (Wildman–Crippen LogP) is 1.62. The SMILES string of the molecule is CCn1cc(C(=O)O)c(C(F)(F)F)n1. The fourth-order valence-corrected chi connectivity index (χ4v) is 0.949. The minimum atomic E-state index is -4.73. The summed E-state index contributed by atoms with van der Waals surface area (Å²) < 4.78 is 37.6. The Balaban J connectivity index is 3.26. The Morgan fingerprint density at radius 3 is 2.50 bits per heavy atom. The van der Waals surface area contributed by atoms with E-state index in [1.54, 1.807) is 6.92 Å². The molecule has 0 aliphatic rings. The molecular formula is C7H7F3N2O2. The molecule has 7 heteroatoms. The van der Waals surface area contributed by atoms with Crippen LogP contribution in [0, 0.1) is 0 Å². The summed E-state index contributed by atoms with van der Waals surface area (Å²) >= 11 is 0. The minimum absolute atomic E-state index is 0.191. The fourth-order valence-electron chi connectivity index (χ4n) is 0.949. The normalized spacial score (nSPS) is 11.7. The van der Waals surface area contributed by atoms with Gasteiger partial charge in [-0.15, -0.1) is 0 Å². The zero-order valence-electron chi connectivity index (χ0n) is 7.17. The van der Waals surface area contributed by atoms with E-state index in [0.29, 0.717) is 0 Å². The number of halogens is 3. The van der Waals surface area contributed by atoms with E-state index in [9.17, 15) is 18.0 Å². The van der Waals surface area contributed by atoms with Crippen LogP contribution in [0.25, 0.3) is 0 Å². The molecule has 0 saturated carbocycles. The molecular weight excluding hydrogens is 201 g/mol. The van der Waals surface area contributed by atoms with Crippen LogP contribution in [0.3, 0.4) is 0 Å². The molecule has 78 valence electrons. The molecule has 0 amide bonds. The average molecular weight is 208 g/mol. The number of carboxylic acid groups (broad SMARTS) is 1. The molecule has 1 aromatic heterocycles. The summed E-state index contributed by atoms with van der Waals surface area (Å²) in [5, 5.41) is 11.6. The summed E-state index contributed by atoms with van der Waals surface area (Å²) in [6.07, 6.45) is -3.86. The molecule has 1 heterocycles. The molecule has 0 radical (unpaired) electrons. The van der Waals surface area contributed by atoms with E-state index in [-0.39, 0.29) is 6.54 Å². The number of carboxylic acids is 1. The number of aromatic nitrogens is 2. The molecule has 0 unspecified atom stereocenters. The highest BCUT2D eigenvalue weighted by Crippen LogP contribution is 2.30. The Morgan fingerprint density at radius 2 is 2.21 bits per heavy atom. The Hall–Kier alpha value is -1.53. The third-order valence-electron chi connectivity index (χ3n) is 1.58. The molecule has 1 N–H and O–H groups in total. The van der Waals surface area contributed by atoms with Crippen LogP contribution in [0.4, 0.5) is 13.2 Å². The number of hydrogen-bond donors (Lipinski definition) is 1. The maximum Gasteiger partial charge on any atom is 0.436 e. The van der Waals surface area contributed by atoms with Crippen LogP contribution in [-0.2, 0) is 12.7 Å². The molecule has 0 fully saturated rings. The van der Waals surface area contributed by atoms with Gasteiger partial charge >= 0.3 is 12.1 Å². The molecule has 0 aromatic carbocycles. The number of nitrogens with zero attached hydrogens (tertiary/aromatic N) is 2. The van der Waals surface area contributed by atoms with Gasteiger partial charge in [0.05, 0.1) is 0 Å². The van der Waals surface area contributed by atoms with Gasteiger partial charge in [-0.25, -0.2) is 4.79 Å². The second-order valence-corrected chi connectivity index (χ2v) is 2.55. The van der Waals surface area contributed by atoms with Crippen LogP contribution in [0.15, 0.2) is 6.20 Å². The molecule has 4 nitrogen and oxygen atoms in total. The largest absolute Gasteiger partial charge is 0.478 e. The fraction of sp³-hybridized carbons (Fsp3) is 0.429. The summed E-state index contributed by atoms with van der Waals surface area (Å²) in [7, 11) is 0. The van der Waals surface area contributed by atoms with Crippen molar-refractivity contribution in [2.75, 3.05) is 0 Å². The highest BCUT2D eigenvalue weighted by molar-refractivity contribution is 5.88. The van der Waals surface area contributed by atoms with Crippen LogP contribution in [0.5, 0.6) is 0 Å². The maximum atomic E-state index is 12.2. The van der Waals surface area contributed by atoms with Crippen molar-refractivity contribution < 1.29 is 23.1 Å².